The van der Waals surface area contributed by atoms with E-state index in [4.69, 9.17) is 16.7 Å². The topological polar surface area (TPSA) is 73.6 Å². The molecule has 3 N–H and O–H groups in total. The number of aliphatic hydroxyl groups excluding tert-OH is 3. The Bertz CT molecular complexity index is 332. The van der Waals surface area contributed by atoms with Gasteiger partial charge in [-0.2, -0.15) is 0 Å². The molecule has 0 aliphatic heterocycles. The first-order valence-corrected chi connectivity index (χ1v) is 5.04. The summed E-state index contributed by atoms with van der Waals surface area (Å²) in [5, 5.41) is 28.0. The van der Waals surface area contributed by atoms with Gasteiger partial charge in [-0.3, -0.25) is 0 Å². The molecule has 15 heavy (non-hydrogen) atoms. The van der Waals surface area contributed by atoms with Crippen molar-refractivity contribution in [1.29, 1.82) is 0 Å². The molecule has 0 aliphatic carbocycles. The molecule has 1 aromatic heterocycles. The van der Waals surface area contributed by atoms with Gasteiger partial charge in [-0.25, -0.2) is 4.98 Å². The van der Waals surface area contributed by atoms with Crippen LogP contribution in [0.2, 0.25) is 5.15 Å². The van der Waals surface area contributed by atoms with Gasteiger partial charge < -0.3 is 15.3 Å². The van der Waals surface area contributed by atoms with Crippen LogP contribution in [-0.2, 0) is 0 Å². The minimum atomic E-state index is -1.11. The van der Waals surface area contributed by atoms with Crippen LogP contribution in [0.4, 0.5) is 0 Å². The molecule has 0 aromatic carbocycles. The molecule has 2 atom stereocenters. The lowest BCUT2D eigenvalue weighted by Gasteiger charge is -2.17. The summed E-state index contributed by atoms with van der Waals surface area (Å²) in [6, 6.07) is 3.33. The summed E-state index contributed by atoms with van der Waals surface area (Å²) in [4.78, 5) is 3.97. The van der Waals surface area contributed by atoms with Crippen LogP contribution in [0, 0.1) is 6.92 Å². The fourth-order valence-corrected chi connectivity index (χ4v) is 1.56. The van der Waals surface area contributed by atoms with E-state index < -0.39 is 12.2 Å². The molecule has 84 valence electrons. The molecule has 1 aromatic rings. The van der Waals surface area contributed by atoms with Crippen molar-refractivity contribution < 1.29 is 15.3 Å². The minimum absolute atomic E-state index is 0.103. The Balaban J connectivity index is 2.86. The smallest absolute Gasteiger partial charge is 0.135 e. The van der Waals surface area contributed by atoms with Crippen molar-refractivity contribution in [3.63, 3.8) is 0 Å². The number of pyridine rings is 1. The van der Waals surface area contributed by atoms with E-state index in [0.29, 0.717) is 5.56 Å². The highest BCUT2D eigenvalue weighted by Gasteiger charge is 2.20. The third kappa shape index (κ3) is 3.14. The summed E-state index contributed by atoms with van der Waals surface area (Å²) in [7, 11) is 0. The molecule has 0 saturated carbocycles. The third-order valence-electron chi connectivity index (χ3n) is 2.12. The predicted octanol–water partition coefficient (Wildman–Crippen LogP) is 0.820. The fourth-order valence-electron chi connectivity index (χ4n) is 1.25. The number of aromatic nitrogens is 1. The zero-order chi connectivity index (χ0) is 11.4. The number of halogens is 1. The molecule has 0 saturated heterocycles. The average molecular weight is 232 g/mol. The lowest BCUT2D eigenvalue weighted by molar-refractivity contribution is 0.00408. The SMILES string of the molecule is Cc1ccc(C(O)C(O)CCO)c(Cl)n1. The Labute approximate surface area is 93.2 Å². The van der Waals surface area contributed by atoms with Crippen molar-refractivity contribution >= 4 is 11.6 Å². The van der Waals surface area contributed by atoms with Crippen molar-refractivity contribution in [1.82, 2.24) is 4.98 Å². The largest absolute Gasteiger partial charge is 0.396 e. The van der Waals surface area contributed by atoms with Crippen LogP contribution in [0.5, 0.6) is 0 Å². The highest BCUT2D eigenvalue weighted by Crippen LogP contribution is 2.25. The first-order valence-electron chi connectivity index (χ1n) is 4.66. The molecule has 1 heterocycles. The van der Waals surface area contributed by atoms with Gasteiger partial charge >= 0.3 is 0 Å². The van der Waals surface area contributed by atoms with Crippen molar-refractivity contribution in [3.05, 3.63) is 28.5 Å². The maximum atomic E-state index is 9.71. The van der Waals surface area contributed by atoms with Crippen molar-refractivity contribution in [2.24, 2.45) is 0 Å². The summed E-state index contributed by atoms with van der Waals surface area (Å²) >= 11 is 5.82. The van der Waals surface area contributed by atoms with Crippen LogP contribution >= 0.6 is 11.6 Å². The number of hydrogen-bond donors (Lipinski definition) is 3. The molecular formula is C10H14ClNO3. The van der Waals surface area contributed by atoms with Gasteiger partial charge in [0.25, 0.3) is 0 Å². The Morgan fingerprint density at radius 2 is 2.07 bits per heavy atom. The maximum absolute atomic E-state index is 9.71. The Morgan fingerprint density at radius 1 is 1.40 bits per heavy atom. The van der Waals surface area contributed by atoms with Gasteiger partial charge in [0.05, 0.1) is 6.10 Å². The summed E-state index contributed by atoms with van der Waals surface area (Å²) in [5.74, 6) is 0. The summed E-state index contributed by atoms with van der Waals surface area (Å²) < 4.78 is 0. The lowest BCUT2D eigenvalue weighted by atomic mass is 10.0. The van der Waals surface area contributed by atoms with Gasteiger partial charge in [0.1, 0.15) is 11.3 Å². The van der Waals surface area contributed by atoms with Crippen LogP contribution < -0.4 is 0 Å². The van der Waals surface area contributed by atoms with E-state index in [0.717, 1.165) is 5.69 Å². The van der Waals surface area contributed by atoms with E-state index >= 15 is 0 Å². The van der Waals surface area contributed by atoms with Gasteiger partial charge in [-0.1, -0.05) is 17.7 Å². The van der Waals surface area contributed by atoms with Crippen molar-refractivity contribution in [3.8, 4) is 0 Å². The standard InChI is InChI=1S/C10H14ClNO3/c1-6-2-3-7(10(11)12-6)9(15)8(14)4-5-13/h2-3,8-9,13-15H,4-5H2,1H3. The number of hydrogen-bond acceptors (Lipinski definition) is 4. The monoisotopic (exact) mass is 231 g/mol. The van der Waals surface area contributed by atoms with E-state index in [9.17, 15) is 10.2 Å². The summed E-state index contributed by atoms with van der Waals surface area (Å²) in [6.45, 7) is 1.60. The molecule has 0 radical (unpaired) electrons. The summed E-state index contributed by atoms with van der Waals surface area (Å²) in [6.07, 6.45) is -2.04. The first kappa shape index (κ1) is 12.4. The van der Waals surface area contributed by atoms with Crippen LogP contribution in [0.15, 0.2) is 12.1 Å². The van der Waals surface area contributed by atoms with Crippen LogP contribution in [0.25, 0.3) is 0 Å². The predicted molar refractivity (Wildman–Crippen MR) is 56.7 cm³/mol. The number of aryl methyl sites for hydroxylation is 1. The molecule has 0 spiro atoms. The van der Waals surface area contributed by atoms with Gasteiger partial charge in [-0.05, 0) is 19.4 Å². The maximum Gasteiger partial charge on any atom is 0.135 e. The molecule has 0 aliphatic rings. The molecule has 0 amide bonds. The molecular weight excluding hydrogens is 218 g/mol. The molecule has 0 fully saturated rings. The summed E-state index contributed by atoms with van der Waals surface area (Å²) in [5.41, 5.74) is 1.12. The zero-order valence-electron chi connectivity index (χ0n) is 8.39. The van der Waals surface area contributed by atoms with Crippen LogP contribution in [-0.4, -0.2) is 33.0 Å². The van der Waals surface area contributed by atoms with E-state index in [-0.39, 0.29) is 18.2 Å². The molecule has 4 nitrogen and oxygen atoms in total. The Kier molecular flexibility index (Phi) is 4.47. The minimum Gasteiger partial charge on any atom is -0.396 e. The Morgan fingerprint density at radius 3 is 2.60 bits per heavy atom. The average Bonchev–Trinajstić information content (AvgIpc) is 2.17. The molecule has 0 bridgehead atoms. The van der Waals surface area contributed by atoms with E-state index in [1.54, 1.807) is 19.1 Å². The fraction of sp³-hybridized carbons (Fsp3) is 0.500. The molecule has 1 rings (SSSR count). The number of rotatable bonds is 4. The van der Waals surface area contributed by atoms with Crippen LogP contribution in [0.1, 0.15) is 23.8 Å². The number of aliphatic hydroxyl groups is 3. The second-order valence-electron chi connectivity index (χ2n) is 3.36. The van der Waals surface area contributed by atoms with Gasteiger partial charge in [0, 0.05) is 17.9 Å². The van der Waals surface area contributed by atoms with Gasteiger partial charge in [0.2, 0.25) is 0 Å². The Hall–Kier alpha value is -0.680. The van der Waals surface area contributed by atoms with Gasteiger partial charge in [-0.15, -0.1) is 0 Å². The van der Waals surface area contributed by atoms with Gasteiger partial charge in [0.15, 0.2) is 0 Å². The van der Waals surface area contributed by atoms with E-state index in [1.165, 1.54) is 0 Å². The lowest BCUT2D eigenvalue weighted by Crippen LogP contribution is -2.20. The second kappa shape index (κ2) is 5.42. The highest BCUT2D eigenvalue weighted by atomic mass is 35.5. The normalized spacial score (nSPS) is 15.0. The van der Waals surface area contributed by atoms with E-state index in [1.807, 2.05) is 0 Å². The second-order valence-corrected chi connectivity index (χ2v) is 3.72. The van der Waals surface area contributed by atoms with Crippen molar-refractivity contribution in [2.45, 2.75) is 25.6 Å². The molecule has 5 heteroatoms. The van der Waals surface area contributed by atoms with Crippen molar-refractivity contribution in [2.75, 3.05) is 6.61 Å². The third-order valence-corrected chi connectivity index (χ3v) is 2.43. The first-order chi connectivity index (χ1) is 7.06. The zero-order valence-corrected chi connectivity index (χ0v) is 9.15. The van der Waals surface area contributed by atoms with E-state index in [2.05, 4.69) is 4.98 Å². The highest BCUT2D eigenvalue weighted by molar-refractivity contribution is 6.30. The molecule has 2 unspecified atom stereocenters. The number of nitrogens with zero attached hydrogens (tertiary/aromatic N) is 1. The quantitative estimate of drug-likeness (QED) is 0.671. The van der Waals surface area contributed by atoms with Crippen LogP contribution in [0.3, 0.4) is 0 Å².